The Hall–Kier alpha value is -0.790. The molecule has 0 aliphatic carbocycles. The van der Waals surface area contributed by atoms with Crippen molar-refractivity contribution in [3.05, 3.63) is 12.7 Å². The first-order chi connectivity index (χ1) is 4.74. The first-order valence-electron chi connectivity index (χ1n) is 3.65. The summed E-state index contributed by atoms with van der Waals surface area (Å²) >= 11 is 0. The SMILES string of the molecule is [2H]C1CCN(C(=O)C=C)C1. The predicted octanol–water partition coefficient (Wildman–Crippen LogP) is 0.795. The van der Waals surface area contributed by atoms with E-state index in [1.165, 1.54) is 6.08 Å². The van der Waals surface area contributed by atoms with Gasteiger partial charge in [-0.1, -0.05) is 6.58 Å². The molecule has 50 valence electrons. The zero-order valence-electron chi connectivity index (χ0n) is 6.34. The number of hydrogen-bond acceptors (Lipinski definition) is 1. The van der Waals surface area contributed by atoms with Crippen LogP contribution < -0.4 is 0 Å². The first-order valence-corrected chi connectivity index (χ1v) is 3.07. The van der Waals surface area contributed by atoms with Crippen molar-refractivity contribution in [2.45, 2.75) is 12.8 Å². The van der Waals surface area contributed by atoms with Gasteiger partial charge in [0.15, 0.2) is 0 Å². The fourth-order valence-corrected chi connectivity index (χ4v) is 0.915. The van der Waals surface area contributed by atoms with Crippen molar-refractivity contribution in [2.24, 2.45) is 0 Å². The maximum atomic E-state index is 10.9. The molecule has 0 radical (unpaired) electrons. The zero-order chi connectivity index (χ0) is 7.56. The highest BCUT2D eigenvalue weighted by Crippen LogP contribution is 2.06. The number of rotatable bonds is 1. The third kappa shape index (κ3) is 1.31. The minimum atomic E-state index is -0.0797. The van der Waals surface area contributed by atoms with Gasteiger partial charge in [0.05, 0.1) is 0 Å². The van der Waals surface area contributed by atoms with E-state index >= 15 is 0 Å². The molecule has 0 N–H and O–H groups in total. The van der Waals surface area contributed by atoms with Gasteiger partial charge >= 0.3 is 0 Å². The average Bonchev–Trinajstić information content (AvgIpc) is 2.34. The third-order valence-electron chi connectivity index (χ3n) is 1.44. The molecule has 9 heavy (non-hydrogen) atoms. The summed E-state index contributed by atoms with van der Waals surface area (Å²) in [5.41, 5.74) is 0. The minimum absolute atomic E-state index is 0.0465. The fraction of sp³-hybridized carbons (Fsp3) is 0.571. The summed E-state index contributed by atoms with van der Waals surface area (Å²) < 4.78 is 7.30. The minimum Gasteiger partial charge on any atom is -0.339 e. The standard InChI is InChI=1S/C7H11NO/c1-2-7(9)8-5-3-4-6-8/h2H,1,3-6H2/i3D. The summed E-state index contributed by atoms with van der Waals surface area (Å²) in [7, 11) is 0. The van der Waals surface area contributed by atoms with Gasteiger partial charge in [-0.3, -0.25) is 4.79 Å². The van der Waals surface area contributed by atoms with E-state index in [0.717, 1.165) is 13.0 Å². The average molecular weight is 126 g/mol. The molecule has 1 aliphatic rings. The summed E-state index contributed by atoms with van der Waals surface area (Å²) in [6.45, 7) is 4.67. The first kappa shape index (κ1) is 5.03. The van der Waals surface area contributed by atoms with Gasteiger partial charge in [0.1, 0.15) is 0 Å². The Kier molecular flexibility index (Phi) is 1.49. The van der Waals surface area contributed by atoms with Gasteiger partial charge in [-0.05, 0) is 18.9 Å². The molecule has 1 fully saturated rings. The van der Waals surface area contributed by atoms with Crippen LogP contribution in [0.4, 0.5) is 0 Å². The van der Waals surface area contributed by atoms with Gasteiger partial charge in [-0.15, -0.1) is 0 Å². The number of amides is 1. The molecule has 1 unspecified atom stereocenters. The Bertz CT molecular complexity index is 158. The lowest BCUT2D eigenvalue weighted by Gasteiger charge is -2.10. The van der Waals surface area contributed by atoms with Gasteiger partial charge in [-0.2, -0.15) is 0 Å². The predicted molar refractivity (Wildman–Crippen MR) is 36.0 cm³/mol. The van der Waals surface area contributed by atoms with Crippen LogP contribution in [-0.2, 0) is 4.79 Å². The van der Waals surface area contributed by atoms with Gasteiger partial charge in [0.25, 0.3) is 0 Å². The van der Waals surface area contributed by atoms with Crippen molar-refractivity contribution in [2.75, 3.05) is 13.1 Å². The highest BCUT2D eigenvalue weighted by Gasteiger charge is 2.13. The van der Waals surface area contributed by atoms with Gasteiger partial charge in [0.2, 0.25) is 5.91 Å². The van der Waals surface area contributed by atoms with Crippen LogP contribution in [0.2, 0.25) is 0 Å². The smallest absolute Gasteiger partial charge is 0.245 e. The lowest BCUT2D eigenvalue weighted by atomic mass is 10.4. The molecule has 0 bridgehead atoms. The Morgan fingerprint density at radius 1 is 1.78 bits per heavy atom. The molecule has 1 atom stereocenters. The molecule has 1 saturated heterocycles. The maximum absolute atomic E-state index is 10.9. The Balaban J connectivity index is 2.44. The maximum Gasteiger partial charge on any atom is 0.245 e. The summed E-state index contributed by atoms with van der Waals surface area (Å²) in [6, 6.07) is 0. The van der Waals surface area contributed by atoms with Crippen LogP contribution in [0.5, 0.6) is 0 Å². The topological polar surface area (TPSA) is 20.3 Å². The molecule has 2 heteroatoms. The van der Waals surface area contributed by atoms with Crippen LogP contribution in [0.1, 0.15) is 14.2 Å². The Morgan fingerprint density at radius 3 is 3.00 bits per heavy atom. The second-order valence-electron chi connectivity index (χ2n) is 2.07. The summed E-state index contributed by atoms with van der Waals surface area (Å²) in [4.78, 5) is 12.5. The molecule has 0 aromatic rings. The quantitative estimate of drug-likeness (QED) is 0.476. The summed E-state index contributed by atoms with van der Waals surface area (Å²) in [6.07, 6.45) is 2.03. The largest absolute Gasteiger partial charge is 0.339 e. The number of hydrogen-bond donors (Lipinski definition) is 0. The molecule has 0 aromatic carbocycles. The Labute approximate surface area is 56.6 Å². The van der Waals surface area contributed by atoms with E-state index in [1.807, 2.05) is 0 Å². The van der Waals surface area contributed by atoms with E-state index in [0.29, 0.717) is 6.54 Å². The fourth-order valence-electron chi connectivity index (χ4n) is 0.915. The van der Waals surface area contributed by atoms with Crippen LogP contribution in [0, 0.1) is 0 Å². The van der Waals surface area contributed by atoms with Crippen molar-refractivity contribution in [1.82, 2.24) is 4.90 Å². The van der Waals surface area contributed by atoms with Crippen LogP contribution in [-0.4, -0.2) is 23.9 Å². The van der Waals surface area contributed by atoms with E-state index in [-0.39, 0.29) is 12.3 Å². The van der Waals surface area contributed by atoms with Crippen LogP contribution in [0.25, 0.3) is 0 Å². The van der Waals surface area contributed by atoms with Crippen molar-refractivity contribution < 1.29 is 6.17 Å². The molecule has 2 nitrogen and oxygen atoms in total. The second-order valence-corrected chi connectivity index (χ2v) is 2.07. The highest BCUT2D eigenvalue weighted by atomic mass is 16.2. The molecule has 1 amide bonds. The summed E-state index contributed by atoms with van der Waals surface area (Å²) in [5.74, 6) is -0.0465. The molecular formula is C7H11NO. The van der Waals surface area contributed by atoms with E-state index in [2.05, 4.69) is 6.58 Å². The van der Waals surface area contributed by atoms with Crippen molar-refractivity contribution in [1.29, 1.82) is 0 Å². The van der Waals surface area contributed by atoms with Crippen molar-refractivity contribution in [3.8, 4) is 0 Å². The normalized spacial score (nSPS) is 27.8. The van der Waals surface area contributed by atoms with E-state index < -0.39 is 0 Å². The molecule has 0 saturated carbocycles. The van der Waals surface area contributed by atoms with E-state index in [4.69, 9.17) is 1.37 Å². The van der Waals surface area contributed by atoms with Crippen LogP contribution in [0.15, 0.2) is 12.7 Å². The summed E-state index contributed by atoms with van der Waals surface area (Å²) in [5, 5.41) is 0. The van der Waals surface area contributed by atoms with Crippen LogP contribution >= 0.6 is 0 Å². The molecule has 0 spiro atoms. The van der Waals surface area contributed by atoms with Crippen molar-refractivity contribution >= 4 is 5.91 Å². The number of carbonyl (C=O) groups excluding carboxylic acids is 1. The second kappa shape index (κ2) is 2.67. The van der Waals surface area contributed by atoms with Crippen molar-refractivity contribution in [3.63, 3.8) is 0 Å². The van der Waals surface area contributed by atoms with Gasteiger partial charge in [0, 0.05) is 14.5 Å². The van der Waals surface area contributed by atoms with Gasteiger partial charge < -0.3 is 4.90 Å². The Morgan fingerprint density at radius 2 is 2.56 bits per heavy atom. The molecule has 1 rings (SSSR count). The monoisotopic (exact) mass is 126 g/mol. The third-order valence-corrected chi connectivity index (χ3v) is 1.44. The molecular weight excluding hydrogens is 114 g/mol. The zero-order valence-corrected chi connectivity index (χ0v) is 5.34. The van der Waals surface area contributed by atoms with Gasteiger partial charge in [-0.25, -0.2) is 0 Å². The molecule has 0 aromatic heterocycles. The number of nitrogens with zero attached hydrogens (tertiary/aromatic N) is 1. The molecule has 1 aliphatic heterocycles. The van der Waals surface area contributed by atoms with E-state index in [1.54, 1.807) is 4.90 Å². The van der Waals surface area contributed by atoms with Crippen LogP contribution in [0.3, 0.4) is 0 Å². The highest BCUT2D eigenvalue weighted by molar-refractivity contribution is 5.87. The lowest BCUT2D eigenvalue weighted by molar-refractivity contribution is -0.124. The lowest BCUT2D eigenvalue weighted by Crippen LogP contribution is -2.25. The number of likely N-dealkylation sites (tertiary alicyclic amines) is 1. The molecule has 1 heterocycles. The number of carbonyl (C=O) groups is 1. The van der Waals surface area contributed by atoms with E-state index in [9.17, 15) is 4.79 Å².